The van der Waals surface area contributed by atoms with E-state index in [2.05, 4.69) is 41.7 Å². The van der Waals surface area contributed by atoms with E-state index in [1.807, 2.05) is 6.07 Å². The van der Waals surface area contributed by atoms with Crippen molar-refractivity contribution in [2.45, 2.75) is 25.3 Å². The Bertz CT molecular complexity index is 285. The molecule has 0 atom stereocenters. The van der Waals surface area contributed by atoms with E-state index in [0.717, 1.165) is 12.6 Å². The number of benzene rings is 1. The van der Waals surface area contributed by atoms with E-state index < -0.39 is 0 Å². The molecular weight excluding hydrogens is 170 g/mol. The average Bonchev–Trinajstić information content (AvgIpc) is 2.16. The van der Waals surface area contributed by atoms with E-state index in [-0.39, 0.29) is 0 Å². The zero-order valence-electron chi connectivity index (χ0n) is 8.45. The van der Waals surface area contributed by atoms with Gasteiger partial charge < -0.3 is 5.32 Å². The molecule has 1 aromatic rings. The van der Waals surface area contributed by atoms with E-state index in [0.29, 0.717) is 0 Å². The molecule has 0 heterocycles. The molecule has 0 bridgehead atoms. The zero-order chi connectivity index (χ0) is 9.64. The van der Waals surface area contributed by atoms with Crippen LogP contribution in [0, 0.1) is 0 Å². The molecule has 0 spiro atoms. The molecule has 1 heteroatoms. The van der Waals surface area contributed by atoms with Crippen molar-refractivity contribution in [3.05, 3.63) is 42.0 Å². The van der Waals surface area contributed by atoms with Gasteiger partial charge in [0.15, 0.2) is 0 Å². The van der Waals surface area contributed by atoms with Crippen LogP contribution in [0.1, 0.15) is 24.8 Å². The molecule has 0 unspecified atom stereocenters. The SMILES string of the molecule is C(=Cc1ccccc1)CNC1CCC1. The lowest BCUT2D eigenvalue weighted by Gasteiger charge is -2.25. The predicted octanol–water partition coefficient (Wildman–Crippen LogP) is 2.84. The van der Waals surface area contributed by atoms with Gasteiger partial charge in [0.1, 0.15) is 0 Å². The molecule has 2 rings (SSSR count). The predicted molar refractivity (Wildman–Crippen MR) is 61.1 cm³/mol. The largest absolute Gasteiger partial charge is 0.311 e. The minimum atomic E-state index is 0.787. The van der Waals surface area contributed by atoms with Gasteiger partial charge in [-0.3, -0.25) is 0 Å². The lowest BCUT2D eigenvalue weighted by Crippen LogP contribution is -2.34. The average molecular weight is 187 g/mol. The van der Waals surface area contributed by atoms with Crippen LogP contribution < -0.4 is 5.32 Å². The first kappa shape index (κ1) is 9.47. The van der Waals surface area contributed by atoms with Gasteiger partial charge in [-0.25, -0.2) is 0 Å². The van der Waals surface area contributed by atoms with Crippen molar-refractivity contribution in [2.75, 3.05) is 6.54 Å². The Morgan fingerprint density at radius 2 is 2.00 bits per heavy atom. The molecule has 1 aliphatic carbocycles. The first-order valence-corrected chi connectivity index (χ1v) is 5.40. The maximum absolute atomic E-state index is 3.50. The molecule has 1 aromatic carbocycles. The fourth-order valence-corrected chi connectivity index (χ4v) is 1.61. The molecule has 0 aromatic heterocycles. The van der Waals surface area contributed by atoms with Gasteiger partial charge in [-0.2, -0.15) is 0 Å². The van der Waals surface area contributed by atoms with E-state index in [9.17, 15) is 0 Å². The molecule has 1 fully saturated rings. The molecule has 74 valence electrons. The second-order valence-electron chi connectivity index (χ2n) is 3.85. The fraction of sp³-hybridized carbons (Fsp3) is 0.385. The molecule has 14 heavy (non-hydrogen) atoms. The third-order valence-electron chi connectivity index (χ3n) is 2.74. The summed E-state index contributed by atoms with van der Waals surface area (Å²) in [5.41, 5.74) is 1.28. The van der Waals surface area contributed by atoms with Crippen molar-refractivity contribution < 1.29 is 0 Å². The molecule has 1 aliphatic rings. The lowest BCUT2D eigenvalue weighted by atomic mass is 9.93. The van der Waals surface area contributed by atoms with Crippen LogP contribution in [-0.2, 0) is 0 Å². The van der Waals surface area contributed by atoms with Gasteiger partial charge in [0.05, 0.1) is 0 Å². The molecule has 1 N–H and O–H groups in total. The molecule has 0 amide bonds. The second-order valence-corrected chi connectivity index (χ2v) is 3.85. The third kappa shape index (κ3) is 2.71. The Kier molecular flexibility index (Phi) is 3.36. The topological polar surface area (TPSA) is 12.0 Å². The summed E-state index contributed by atoms with van der Waals surface area (Å²) in [7, 11) is 0. The van der Waals surface area contributed by atoms with Crippen LogP contribution in [0.15, 0.2) is 36.4 Å². The zero-order valence-corrected chi connectivity index (χ0v) is 8.45. The number of nitrogens with one attached hydrogen (secondary N) is 1. The summed E-state index contributed by atoms with van der Waals surface area (Å²) in [6.07, 6.45) is 8.50. The highest BCUT2D eigenvalue weighted by Gasteiger charge is 2.14. The highest BCUT2D eigenvalue weighted by molar-refractivity contribution is 5.48. The summed E-state index contributed by atoms with van der Waals surface area (Å²) in [6, 6.07) is 11.2. The van der Waals surface area contributed by atoms with E-state index >= 15 is 0 Å². The number of rotatable bonds is 4. The van der Waals surface area contributed by atoms with Gasteiger partial charge >= 0.3 is 0 Å². The van der Waals surface area contributed by atoms with Gasteiger partial charge in [-0.15, -0.1) is 0 Å². The van der Waals surface area contributed by atoms with Crippen molar-refractivity contribution >= 4 is 6.08 Å². The molecular formula is C13H17N. The van der Waals surface area contributed by atoms with E-state index in [4.69, 9.17) is 0 Å². The first-order chi connectivity index (χ1) is 6.95. The molecule has 0 radical (unpaired) electrons. The maximum Gasteiger partial charge on any atom is 0.0140 e. The number of hydrogen-bond donors (Lipinski definition) is 1. The molecule has 0 aliphatic heterocycles. The van der Waals surface area contributed by atoms with Gasteiger partial charge in [0.2, 0.25) is 0 Å². The Balaban J connectivity index is 1.71. The van der Waals surface area contributed by atoms with E-state index in [1.54, 1.807) is 0 Å². The maximum atomic E-state index is 3.50. The van der Waals surface area contributed by atoms with Crippen molar-refractivity contribution in [2.24, 2.45) is 0 Å². The van der Waals surface area contributed by atoms with Gasteiger partial charge in [-0.05, 0) is 18.4 Å². The van der Waals surface area contributed by atoms with Crippen LogP contribution in [0.4, 0.5) is 0 Å². The molecule has 1 nitrogen and oxygen atoms in total. The van der Waals surface area contributed by atoms with Crippen molar-refractivity contribution in [1.29, 1.82) is 0 Å². The van der Waals surface area contributed by atoms with Crippen LogP contribution in [0.5, 0.6) is 0 Å². The van der Waals surface area contributed by atoms with Gasteiger partial charge in [0, 0.05) is 12.6 Å². The quantitative estimate of drug-likeness (QED) is 0.764. The number of hydrogen-bond acceptors (Lipinski definition) is 1. The summed E-state index contributed by atoms with van der Waals surface area (Å²) in [6.45, 7) is 1.000. The van der Waals surface area contributed by atoms with Crippen LogP contribution in [-0.4, -0.2) is 12.6 Å². The summed E-state index contributed by atoms with van der Waals surface area (Å²) in [5, 5.41) is 3.50. The monoisotopic (exact) mass is 187 g/mol. The highest BCUT2D eigenvalue weighted by Crippen LogP contribution is 2.17. The molecule has 1 saturated carbocycles. The standard InChI is InChI=1S/C13H17N/c1-2-6-12(7-3-1)8-5-11-14-13-9-4-10-13/h1-3,5-8,13-14H,4,9-11H2. The Morgan fingerprint density at radius 1 is 1.21 bits per heavy atom. The summed E-state index contributed by atoms with van der Waals surface area (Å²) in [5.74, 6) is 0. The van der Waals surface area contributed by atoms with Gasteiger partial charge in [-0.1, -0.05) is 48.9 Å². The van der Waals surface area contributed by atoms with Crippen LogP contribution >= 0.6 is 0 Å². The van der Waals surface area contributed by atoms with Crippen LogP contribution in [0.2, 0.25) is 0 Å². The summed E-state index contributed by atoms with van der Waals surface area (Å²) < 4.78 is 0. The minimum absolute atomic E-state index is 0.787. The summed E-state index contributed by atoms with van der Waals surface area (Å²) in [4.78, 5) is 0. The Labute approximate surface area is 85.8 Å². The van der Waals surface area contributed by atoms with E-state index in [1.165, 1.54) is 24.8 Å². The fourth-order valence-electron chi connectivity index (χ4n) is 1.61. The summed E-state index contributed by atoms with van der Waals surface area (Å²) >= 11 is 0. The second kappa shape index (κ2) is 4.97. The molecule has 0 saturated heterocycles. The highest BCUT2D eigenvalue weighted by atomic mass is 14.9. The minimum Gasteiger partial charge on any atom is -0.311 e. The van der Waals surface area contributed by atoms with Crippen molar-refractivity contribution in [1.82, 2.24) is 5.32 Å². The van der Waals surface area contributed by atoms with Crippen LogP contribution in [0.25, 0.3) is 6.08 Å². The Hall–Kier alpha value is -1.08. The first-order valence-electron chi connectivity index (χ1n) is 5.40. The van der Waals surface area contributed by atoms with Crippen molar-refractivity contribution in [3.63, 3.8) is 0 Å². The lowest BCUT2D eigenvalue weighted by molar-refractivity contribution is 0.352. The van der Waals surface area contributed by atoms with Gasteiger partial charge in [0.25, 0.3) is 0 Å². The normalized spacial score (nSPS) is 17.1. The van der Waals surface area contributed by atoms with Crippen molar-refractivity contribution in [3.8, 4) is 0 Å². The third-order valence-corrected chi connectivity index (χ3v) is 2.74. The Morgan fingerprint density at radius 3 is 2.64 bits per heavy atom. The van der Waals surface area contributed by atoms with Crippen LogP contribution in [0.3, 0.4) is 0 Å². The smallest absolute Gasteiger partial charge is 0.0140 e.